The molecule has 0 radical (unpaired) electrons. The van der Waals surface area contributed by atoms with Crippen LogP contribution in [0.2, 0.25) is 5.02 Å². The number of halogens is 1. The minimum absolute atomic E-state index is 0.00300. The van der Waals surface area contributed by atoms with Gasteiger partial charge >= 0.3 is 0 Å². The zero-order valence-corrected chi connectivity index (χ0v) is 20.9. The molecule has 1 unspecified atom stereocenters. The van der Waals surface area contributed by atoms with E-state index in [0.29, 0.717) is 30.2 Å². The van der Waals surface area contributed by atoms with Gasteiger partial charge < -0.3 is 9.80 Å². The van der Waals surface area contributed by atoms with Crippen LogP contribution in [0, 0.1) is 6.92 Å². The molecule has 0 bridgehead atoms. The van der Waals surface area contributed by atoms with Gasteiger partial charge in [-0.15, -0.1) is 10.2 Å². The lowest BCUT2D eigenvalue weighted by Gasteiger charge is -2.40. The smallest absolute Gasteiger partial charge is 0.254 e. The summed E-state index contributed by atoms with van der Waals surface area (Å²) in [7, 11) is 0. The Morgan fingerprint density at radius 3 is 2.53 bits per heavy atom. The van der Waals surface area contributed by atoms with Crippen molar-refractivity contribution in [2.24, 2.45) is 0 Å². The van der Waals surface area contributed by atoms with Crippen LogP contribution in [0.15, 0.2) is 72.8 Å². The van der Waals surface area contributed by atoms with Crippen molar-refractivity contribution in [1.82, 2.24) is 24.5 Å². The third kappa shape index (κ3) is 3.76. The number of anilines is 1. The quantitative estimate of drug-likeness (QED) is 0.341. The van der Waals surface area contributed by atoms with Crippen molar-refractivity contribution in [1.29, 1.82) is 0 Å². The average Bonchev–Trinajstić information content (AvgIpc) is 3.33. The molecule has 0 aliphatic carbocycles. The summed E-state index contributed by atoms with van der Waals surface area (Å²) in [5.74, 6) is 1.55. The van der Waals surface area contributed by atoms with Crippen LogP contribution in [-0.4, -0.2) is 56.1 Å². The molecular formula is C28H25ClN6O. The van der Waals surface area contributed by atoms with Crippen molar-refractivity contribution in [3.8, 4) is 11.4 Å². The third-order valence-electron chi connectivity index (χ3n) is 6.86. The van der Waals surface area contributed by atoms with Crippen LogP contribution >= 0.6 is 11.6 Å². The van der Waals surface area contributed by atoms with E-state index in [2.05, 4.69) is 41.1 Å². The van der Waals surface area contributed by atoms with E-state index in [4.69, 9.17) is 16.6 Å². The largest absolute Gasteiger partial charge is 0.338 e. The molecule has 3 aromatic carbocycles. The molecule has 0 spiro atoms. The van der Waals surface area contributed by atoms with Crippen LogP contribution in [0.5, 0.6) is 0 Å². The van der Waals surface area contributed by atoms with E-state index in [1.165, 1.54) is 0 Å². The van der Waals surface area contributed by atoms with E-state index in [1.54, 1.807) is 0 Å². The summed E-state index contributed by atoms with van der Waals surface area (Å²) < 4.78 is 2.04. The zero-order chi connectivity index (χ0) is 24.8. The lowest BCUT2D eigenvalue weighted by atomic mass is 10.1. The number of hydrogen-bond donors (Lipinski definition) is 0. The zero-order valence-electron chi connectivity index (χ0n) is 20.1. The van der Waals surface area contributed by atoms with Gasteiger partial charge in [-0.2, -0.15) is 0 Å². The van der Waals surface area contributed by atoms with Gasteiger partial charge in [-0.3, -0.25) is 4.79 Å². The number of carbonyl (C=O) groups excluding carboxylic acids is 1. The highest BCUT2D eigenvalue weighted by Gasteiger charge is 2.31. The van der Waals surface area contributed by atoms with Crippen LogP contribution in [0.1, 0.15) is 22.8 Å². The Hall–Kier alpha value is -3.97. The topological polar surface area (TPSA) is 66.6 Å². The van der Waals surface area contributed by atoms with Crippen molar-refractivity contribution in [3.63, 3.8) is 0 Å². The summed E-state index contributed by atoms with van der Waals surface area (Å²) in [6.45, 7) is 6.02. The fourth-order valence-corrected chi connectivity index (χ4v) is 5.16. The van der Waals surface area contributed by atoms with E-state index in [1.807, 2.05) is 70.0 Å². The van der Waals surface area contributed by atoms with E-state index < -0.39 is 0 Å². The molecule has 1 saturated heterocycles. The second-order valence-electron chi connectivity index (χ2n) is 9.23. The Morgan fingerprint density at radius 2 is 1.75 bits per heavy atom. The Kier molecular flexibility index (Phi) is 5.57. The van der Waals surface area contributed by atoms with Crippen LogP contribution in [0.25, 0.3) is 27.9 Å². The van der Waals surface area contributed by atoms with Crippen LogP contribution in [0.3, 0.4) is 0 Å². The number of amides is 1. The number of fused-ring (bicyclic) bond motifs is 3. The lowest BCUT2D eigenvalue weighted by molar-refractivity contribution is 0.0673. The summed E-state index contributed by atoms with van der Waals surface area (Å²) in [5, 5.41) is 10.7. The molecule has 1 amide bonds. The van der Waals surface area contributed by atoms with E-state index in [0.717, 1.165) is 39.4 Å². The predicted octanol–water partition coefficient (Wildman–Crippen LogP) is 5.26. The molecule has 1 atom stereocenters. The summed E-state index contributed by atoms with van der Waals surface area (Å²) in [5.41, 5.74) is 4.33. The van der Waals surface area contributed by atoms with Gasteiger partial charge in [-0.1, -0.05) is 54.1 Å². The van der Waals surface area contributed by atoms with Gasteiger partial charge in [0, 0.05) is 47.2 Å². The highest BCUT2D eigenvalue weighted by molar-refractivity contribution is 6.31. The number of aromatic nitrogens is 4. The molecule has 5 aromatic rings. The van der Waals surface area contributed by atoms with Crippen molar-refractivity contribution in [2.45, 2.75) is 19.9 Å². The first-order valence-electron chi connectivity index (χ1n) is 12.0. The summed E-state index contributed by atoms with van der Waals surface area (Å²) in [4.78, 5) is 22.4. The van der Waals surface area contributed by atoms with E-state index >= 15 is 0 Å². The number of nitrogens with zero attached hydrogens (tertiary/aromatic N) is 6. The molecular weight excluding hydrogens is 472 g/mol. The number of carbonyl (C=O) groups is 1. The van der Waals surface area contributed by atoms with Gasteiger partial charge in [0.15, 0.2) is 11.5 Å². The minimum atomic E-state index is -0.00300. The molecule has 6 rings (SSSR count). The third-order valence-corrected chi connectivity index (χ3v) is 7.10. The summed E-state index contributed by atoms with van der Waals surface area (Å²) in [6, 6.07) is 23.3. The van der Waals surface area contributed by atoms with Gasteiger partial charge in [-0.05, 0) is 49.7 Å². The van der Waals surface area contributed by atoms with Crippen LogP contribution in [0.4, 0.5) is 5.95 Å². The fraction of sp³-hybridized carbons (Fsp3) is 0.214. The highest BCUT2D eigenvalue weighted by atomic mass is 35.5. The number of piperazine rings is 1. The monoisotopic (exact) mass is 496 g/mol. The van der Waals surface area contributed by atoms with Gasteiger partial charge in [0.05, 0.1) is 5.52 Å². The number of hydrogen-bond acceptors (Lipinski definition) is 5. The number of rotatable bonds is 3. The van der Waals surface area contributed by atoms with Gasteiger partial charge in [-0.25, -0.2) is 9.38 Å². The lowest BCUT2D eigenvalue weighted by Crippen LogP contribution is -2.54. The molecule has 1 aliphatic heterocycles. The van der Waals surface area contributed by atoms with Crippen molar-refractivity contribution >= 4 is 40.0 Å². The van der Waals surface area contributed by atoms with Crippen LogP contribution < -0.4 is 4.90 Å². The normalized spacial score (nSPS) is 16.1. The molecule has 36 heavy (non-hydrogen) atoms. The maximum atomic E-state index is 13.2. The average molecular weight is 497 g/mol. The maximum absolute atomic E-state index is 13.2. The first kappa shape index (κ1) is 22.5. The molecule has 7 nitrogen and oxygen atoms in total. The Morgan fingerprint density at radius 1 is 0.972 bits per heavy atom. The SMILES string of the molecule is Cc1ccccc1-c1nnc2c3ccc(Cl)cc3nc(N3CCN(C(=O)c4ccccc4)C(C)C3)n12. The Balaban J connectivity index is 1.45. The van der Waals surface area contributed by atoms with Gasteiger partial charge in [0.25, 0.3) is 5.91 Å². The molecule has 0 saturated carbocycles. The predicted molar refractivity (Wildman–Crippen MR) is 143 cm³/mol. The molecule has 1 aliphatic rings. The fourth-order valence-electron chi connectivity index (χ4n) is 4.99. The second-order valence-corrected chi connectivity index (χ2v) is 9.67. The van der Waals surface area contributed by atoms with Gasteiger partial charge in [0.2, 0.25) is 5.95 Å². The summed E-state index contributed by atoms with van der Waals surface area (Å²) in [6.07, 6.45) is 0. The molecule has 8 heteroatoms. The van der Waals surface area contributed by atoms with Crippen molar-refractivity contribution in [3.05, 3.63) is 88.9 Å². The maximum Gasteiger partial charge on any atom is 0.254 e. The molecule has 1 fully saturated rings. The molecule has 2 aromatic heterocycles. The van der Waals surface area contributed by atoms with Crippen LogP contribution in [-0.2, 0) is 0 Å². The second kappa shape index (κ2) is 8.91. The number of aryl methyl sites for hydroxylation is 1. The first-order valence-corrected chi connectivity index (χ1v) is 12.4. The van der Waals surface area contributed by atoms with E-state index in [-0.39, 0.29) is 11.9 Å². The number of benzene rings is 3. The van der Waals surface area contributed by atoms with E-state index in [9.17, 15) is 4.79 Å². The molecule has 0 N–H and O–H groups in total. The van der Waals surface area contributed by atoms with Gasteiger partial charge in [0.1, 0.15) is 0 Å². The van der Waals surface area contributed by atoms with Crippen molar-refractivity contribution < 1.29 is 4.79 Å². The first-order chi connectivity index (χ1) is 17.5. The Labute approximate surface area is 214 Å². The van der Waals surface area contributed by atoms with Crippen molar-refractivity contribution in [2.75, 3.05) is 24.5 Å². The summed E-state index contributed by atoms with van der Waals surface area (Å²) >= 11 is 6.32. The molecule has 3 heterocycles. The Bertz CT molecular complexity index is 1600. The minimum Gasteiger partial charge on any atom is -0.338 e. The molecule has 180 valence electrons. The standard InChI is InChI=1S/C28H25ClN6O/c1-18-8-6-7-11-22(18)25-31-32-26-23-13-12-21(29)16-24(23)30-28(35(25)26)33-14-15-34(19(2)17-33)27(36)20-9-4-3-5-10-20/h3-13,16,19H,14-15,17H2,1-2H3. The highest BCUT2D eigenvalue weighted by Crippen LogP contribution is 2.32.